The summed E-state index contributed by atoms with van der Waals surface area (Å²) in [7, 11) is 1.87. The maximum absolute atomic E-state index is 11.4. The molecule has 1 rings (SSSR count). The van der Waals surface area contributed by atoms with E-state index in [1.165, 1.54) is 0 Å². The van der Waals surface area contributed by atoms with E-state index in [0.717, 1.165) is 18.4 Å². The Labute approximate surface area is 120 Å². The molecule has 0 aliphatic heterocycles. The molecule has 0 aliphatic rings. The van der Waals surface area contributed by atoms with Crippen molar-refractivity contribution in [2.45, 2.75) is 45.2 Å². The van der Waals surface area contributed by atoms with Crippen LogP contribution >= 0.6 is 11.6 Å². The minimum absolute atomic E-state index is 0.0511. The highest BCUT2D eigenvalue weighted by Crippen LogP contribution is 2.24. The summed E-state index contributed by atoms with van der Waals surface area (Å²) in [6, 6.07) is 7.18. The van der Waals surface area contributed by atoms with Crippen molar-refractivity contribution in [2.24, 2.45) is 0 Å². The third-order valence-corrected chi connectivity index (χ3v) is 3.82. The van der Waals surface area contributed by atoms with Crippen LogP contribution in [-0.4, -0.2) is 29.1 Å². The number of aliphatic carboxylic acids is 1. The van der Waals surface area contributed by atoms with Crippen LogP contribution in [0.25, 0.3) is 0 Å². The second kappa shape index (κ2) is 7.51. The van der Waals surface area contributed by atoms with Gasteiger partial charge in [-0.3, -0.25) is 9.69 Å². The van der Waals surface area contributed by atoms with Crippen LogP contribution in [0.1, 0.15) is 44.7 Å². The lowest BCUT2D eigenvalue weighted by atomic mass is 10.0. The van der Waals surface area contributed by atoms with E-state index in [9.17, 15) is 9.90 Å². The van der Waals surface area contributed by atoms with Crippen molar-refractivity contribution in [3.05, 3.63) is 34.9 Å². The molecule has 0 amide bonds. The minimum Gasteiger partial charge on any atom is -0.480 e. The van der Waals surface area contributed by atoms with Gasteiger partial charge in [-0.15, -0.1) is 0 Å². The van der Waals surface area contributed by atoms with Gasteiger partial charge < -0.3 is 5.11 Å². The first-order valence-corrected chi connectivity index (χ1v) is 7.05. The van der Waals surface area contributed by atoms with E-state index in [4.69, 9.17) is 11.6 Å². The lowest BCUT2D eigenvalue weighted by Gasteiger charge is -2.30. The molecule has 4 heteroatoms. The topological polar surface area (TPSA) is 40.5 Å². The summed E-state index contributed by atoms with van der Waals surface area (Å²) in [5.74, 6) is -0.753. The van der Waals surface area contributed by atoms with E-state index in [1.54, 1.807) is 0 Å². The predicted octanol–water partition coefficient (Wildman–Crippen LogP) is 3.98. The van der Waals surface area contributed by atoms with Crippen LogP contribution in [0.2, 0.25) is 5.02 Å². The molecule has 0 bridgehead atoms. The zero-order valence-corrected chi connectivity index (χ0v) is 12.5. The Morgan fingerprint density at radius 3 is 2.42 bits per heavy atom. The first kappa shape index (κ1) is 16.0. The summed E-state index contributed by atoms with van der Waals surface area (Å²) in [5.41, 5.74) is 1.08. The Bertz CT molecular complexity index is 405. The van der Waals surface area contributed by atoms with Gasteiger partial charge in [0.2, 0.25) is 0 Å². The number of rotatable bonds is 7. The normalized spacial score (nSPS) is 14.4. The lowest BCUT2D eigenvalue weighted by molar-refractivity contribution is -0.143. The summed E-state index contributed by atoms with van der Waals surface area (Å²) in [5, 5.41) is 10.0. The number of carboxylic acid groups (broad SMARTS) is 1. The van der Waals surface area contributed by atoms with Gasteiger partial charge in [-0.05, 0) is 38.1 Å². The second-order valence-corrected chi connectivity index (χ2v) is 5.33. The van der Waals surface area contributed by atoms with Crippen LogP contribution in [0.4, 0.5) is 0 Å². The average Bonchev–Trinajstić information content (AvgIpc) is 2.38. The van der Waals surface area contributed by atoms with Crippen LogP contribution in [0.5, 0.6) is 0 Å². The maximum Gasteiger partial charge on any atom is 0.320 e. The van der Waals surface area contributed by atoms with Gasteiger partial charge in [-0.1, -0.05) is 43.5 Å². The van der Waals surface area contributed by atoms with Crippen molar-refractivity contribution in [2.75, 3.05) is 7.05 Å². The van der Waals surface area contributed by atoms with Gasteiger partial charge in [-0.25, -0.2) is 0 Å². The number of unbranched alkanes of at least 4 members (excludes halogenated alkanes) is 1. The Kier molecular flexibility index (Phi) is 6.32. The second-order valence-electron chi connectivity index (χ2n) is 4.89. The van der Waals surface area contributed by atoms with Gasteiger partial charge in [-0.2, -0.15) is 0 Å². The van der Waals surface area contributed by atoms with Gasteiger partial charge in [0.1, 0.15) is 6.04 Å². The van der Waals surface area contributed by atoms with Gasteiger partial charge in [0.25, 0.3) is 0 Å². The summed E-state index contributed by atoms with van der Waals surface area (Å²) in [6.45, 7) is 4.09. The highest BCUT2D eigenvalue weighted by molar-refractivity contribution is 6.30. The van der Waals surface area contributed by atoms with Crippen LogP contribution in [0, 0.1) is 0 Å². The summed E-state index contributed by atoms with van der Waals surface area (Å²) < 4.78 is 0. The van der Waals surface area contributed by atoms with Gasteiger partial charge in [0.05, 0.1) is 0 Å². The molecule has 106 valence electrons. The maximum atomic E-state index is 11.4. The monoisotopic (exact) mass is 283 g/mol. The molecule has 0 saturated carbocycles. The average molecular weight is 284 g/mol. The zero-order valence-electron chi connectivity index (χ0n) is 11.8. The fourth-order valence-corrected chi connectivity index (χ4v) is 2.27. The molecule has 0 aromatic heterocycles. The molecule has 1 aromatic rings. The SMILES string of the molecule is CCCCC(C(=O)O)N(C)C(C)c1ccc(Cl)cc1. The molecular formula is C15H22ClNO2. The molecule has 2 atom stereocenters. The lowest BCUT2D eigenvalue weighted by Crippen LogP contribution is -2.40. The minimum atomic E-state index is -0.753. The zero-order chi connectivity index (χ0) is 14.4. The highest BCUT2D eigenvalue weighted by atomic mass is 35.5. The Morgan fingerprint density at radius 1 is 1.37 bits per heavy atom. The molecule has 0 saturated heterocycles. The first-order chi connectivity index (χ1) is 8.97. The molecule has 2 unspecified atom stereocenters. The van der Waals surface area contributed by atoms with Crippen molar-refractivity contribution in [1.82, 2.24) is 4.90 Å². The van der Waals surface area contributed by atoms with E-state index in [0.29, 0.717) is 11.4 Å². The van der Waals surface area contributed by atoms with Gasteiger partial charge >= 0.3 is 5.97 Å². The fraction of sp³-hybridized carbons (Fsp3) is 0.533. The number of likely N-dealkylation sites (N-methyl/N-ethyl adjacent to an activating group) is 1. The standard InChI is InChI=1S/C15H22ClNO2/c1-4-5-6-14(15(18)19)17(3)11(2)12-7-9-13(16)10-8-12/h7-11,14H,4-6H2,1-3H3,(H,18,19). The van der Waals surface area contributed by atoms with Crippen LogP contribution < -0.4 is 0 Å². The Morgan fingerprint density at radius 2 is 1.95 bits per heavy atom. The number of carbonyl (C=O) groups is 1. The van der Waals surface area contributed by atoms with Crippen molar-refractivity contribution in [1.29, 1.82) is 0 Å². The van der Waals surface area contributed by atoms with Crippen molar-refractivity contribution in [3.8, 4) is 0 Å². The van der Waals surface area contributed by atoms with Crippen molar-refractivity contribution in [3.63, 3.8) is 0 Å². The number of hydrogen-bond donors (Lipinski definition) is 1. The smallest absolute Gasteiger partial charge is 0.320 e. The molecule has 0 heterocycles. The predicted molar refractivity (Wildman–Crippen MR) is 78.6 cm³/mol. The molecule has 0 fully saturated rings. The van der Waals surface area contributed by atoms with Crippen molar-refractivity contribution < 1.29 is 9.90 Å². The molecule has 1 aromatic carbocycles. The summed E-state index contributed by atoms with van der Waals surface area (Å²) in [6.07, 6.45) is 2.61. The molecule has 19 heavy (non-hydrogen) atoms. The quantitative estimate of drug-likeness (QED) is 0.823. The Hall–Kier alpha value is -1.06. The van der Waals surface area contributed by atoms with Gasteiger partial charge in [0, 0.05) is 11.1 Å². The molecule has 3 nitrogen and oxygen atoms in total. The van der Waals surface area contributed by atoms with E-state index >= 15 is 0 Å². The van der Waals surface area contributed by atoms with Gasteiger partial charge in [0.15, 0.2) is 0 Å². The van der Waals surface area contributed by atoms with Crippen LogP contribution in [0.3, 0.4) is 0 Å². The number of hydrogen-bond acceptors (Lipinski definition) is 2. The number of halogens is 1. The fourth-order valence-electron chi connectivity index (χ4n) is 2.15. The van der Waals surface area contributed by atoms with E-state index in [2.05, 4.69) is 6.92 Å². The van der Waals surface area contributed by atoms with Crippen LogP contribution in [0.15, 0.2) is 24.3 Å². The Balaban J connectivity index is 2.80. The third-order valence-electron chi connectivity index (χ3n) is 3.57. The van der Waals surface area contributed by atoms with E-state index in [1.807, 2.05) is 43.1 Å². The molecule has 0 aliphatic carbocycles. The molecule has 0 radical (unpaired) electrons. The summed E-state index contributed by atoms with van der Waals surface area (Å²) in [4.78, 5) is 13.3. The number of benzene rings is 1. The number of carboxylic acids is 1. The molecule has 1 N–H and O–H groups in total. The van der Waals surface area contributed by atoms with Crippen molar-refractivity contribution >= 4 is 17.6 Å². The first-order valence-electron chi connectivity index (χ1n) is 6.67. The highest BCUT2D eigenvalue weighted by Gasteiger charge is 2.26. The largest absolute Gasteiger partial charge is 0.480 e. The number of nitrogens with zero attached hydrogens (tertiary/aromatic N) is 1. The van der Waals surface area contributed by atoms with E-state index < -0.39 is 12.0 Å². The molecular weight excluding hydrogens is 262 g/mol. The summed E-state index contributed by atoms with van der Waals surface area (Å²) >= 11 is 5.87. The molecule has 0 spiro atoms. The van der Waals surface area contributed by atoms with Crippen LogP contribution in [-0.2, 0) is 4.79 Å². The van der Waals surface area contributed by atoms with E-state index in [-0.39, 0.29) is 6.04 Å². The third kappa shape index (κ3) is 4.51.